The summed E-state index contributed by atoms with van der Waals surface area (Å²) in [6.45, 7) is 3.37. The van der Waals surface area contributed by atoms with Gasteiger partial charge in [0.05, 0.1) is 16.9 Å². The first-order chi connectivity index (χ1) is 14.7. The lowest BCUT2D eigenvalue weighted by atomic mass is 9.95. The number of hydrogen-bond acceptors (Lipinski definition) is 3. The van der Waals surface area contributed by atoms with Crippen LogP contribution in [0.3, 0.4) is 0 Å². The van der Waals surface area contributed by atoms with E-state index < -0.39 is 0 Å². The molecule has 1 heterocycles. The van der Waals surface area contributed by atoms with Crippen LogP contribution in [0, 0.1) is 6.92 Å². The number of nitrogens with one attached hydrogen (secondary N) is 2. The zero-order valence-corrected chi connectivity index (χ0v) is 18.8. The minimum atomic E-state index is -0.0704. The topological polar surface area (TPSA) is 59.0 Å². The van der Waals surface area contributed by atoms with Gasteiger partial charge >= 0.3 is 0 Å². The Bertz CT molecular complexity index is 966. The van der Waals surface area contributed by atoms with Crippen LogP contribution < -0.4 is 10.6 Å². The van der Waals surface area contributed by atoms with Gasteiger partial charge in [0, 0.05) is 24.7 Å². The fraction of sp³-hybridized carbons (Fsp3) is 0.360. The van der Waals surface area contributed by atoms with Crippen molar-refractivity contribution in [3.05, 3.63) is 71.9 Å². The van der Waals surface area contributed by atoms with Gasteiger partial charge in [-0.05, 0) is 31.9 Å². The molecule has 1 fully saturated rings. The SMILES string of the molecule is Cc1c(C(=O)NCCNC2CCCCC2)c(-c2ccccc2)nn1-c1ccccc1.Cl. The highest BCUT2D eigenvalue weighted by Gasteiger charge is 2.23. The van der Waals surface area contributed by atoms with Crippen LogP contribution in [0.1, 0.15) is 48.2 Å². The van der Waals surface area contributed by atoms with E-state index in [1.54, 1.807) is 0 Å². The van der Waals surface area contributed by atoms with Crippen LogP contribution in [-0.2, 0) is 0 Å². The smallest absolute Gasteiger partial charge is 0.255 e. The van der Waals surface area contributed by atoms with Gasteiger partial charge in [0.25, 0.3) is 5.91 Å². The molecule has 1 saturated carbocycles. The first-order valence-electron chi connectivity index (χ1n) is 11.0. The summed E-state index contributed by atoms with van der Waals surface area (Å²) in [5.74, 6) is -0.0704. The average molecular weight is 439 g/mol. The van der Waals surface area contributed by atoms with Crippen molar-refractivity contribution in [3.63, 3.8) is 0 Å². The van der Waals surface area contributed by atoms with Crippen LogP contribution in [0.15, 0.2) is 60.7 Å². The first kappa shape index (κ1) is 23.0. The van der Waals surface area contributed by atoms with Crippen molar-refractivity contribution in [2.45, 2.75) is 45.1 Å². The van der Waals surface area contributed by atoms with Crippen molar-refractivity contribution >= 4 is 18.3 Å². The highest BCUT2D eigenvalue weighted by atomic mass is 35.5. The summed E-state index contributed by atoms with van der Waals surface area (Å²) in [6, 6.07) is 20.5. The molecule has 0 radical (unpaired) electrons. The largest absolute Gasteiger partial charge is 0.351 e. The standard InChI is InChI=1S/C25H30N4O.ClH/c1-19-23(25(30)27-18-17-26-21-13-7-3-8-14-21)24(20-11-5-2-6-12-20)28-29(19)22-15-9-4-10-16-22;/h2,4-6,9-12,15-16,21,26H,3,7-8,13-14,17-18H2,1H3,(H,27,30);1H. The molecule has 0 saturated heterocycles. The number of hydrogen-bond donors (Lipinski definition) is 2. The van der Waals surface area contributed by atoms with E-state index in [-0.39, 0.29) is 18.3 Å². The molecular weight excluding hydrogens is 408 g/mol. The molecule has 2 N–H and O–H groups in total. The fourth-order valence-corrected chi connectivity index (χ4v) is 4.24. The first-order valence-corrected chi connectivity index (χ1v) is 11.0. The summed E-state index contributed by atoms with van der Waals surface area (Å²) in [4.78, 5) is 13.2. The summed E-state index contributed by atoms with van der Waals surface area (Å²) in [5.41, 5.74) is 4.10. The number of nitrogens with zero attached hydrogens (tertiary/aromatic N) is 2. The number of halogens is 1. The van der Waals surface area contributed by atoms with Crippen molar-refractivity contribution in [2.75, 3.05) is 13.1 Å². The molecule has 2 aromatic carbocycles. The van der Waals surface area contributed by atoms with E-state index in [1.165, 1.54) is 32.1 Å². The van der Waals surface area contributed by atoms with E-state index in [0.717, 1.165) is 29.2 Å². The Hall–Kier alpha value is -2.63. The Morgan fingerprint density at radius 2 is 1.61 bits per heavy atom. The Kier molecular flexibility index (Phi) is 8.27. The molecule has 0 bridgehead atoms. The van der Waals surface area contributed by atoms with Crippen LogP contribution in [-0.4, -0.2) is 34.8 Å². The monoisotopic (exact) mass is 438 g/mol. The molecule has 5 nitrogen and oxygen atoms in total. The van der Waals surface area contributed by atoms with Gasteiger partial charge in [-0.1, -0.05) is 67.8 Å². The number of benzene rings is 2. The maximum absolute atomic E-state index is 13.2. The summed E-state index contributed by atoms with van der Waals surface area (Å²) >= 11 is 0. The van der Waals surface area contributed by atoms with Crippen LogP contribution >= 0.6 is 12.4 Å². The van der Waals surface area contributed by atoms with Crippen LogP contribution in [0.25, 0.3) is 16.9 Å². The van der Waals surface area contributed by atoms with Gasteiger partial charge in [0.1, 0.15) is 5.69 Å². The number of rotatable bonds is 7. The Morgan fingerprint density at radius 1 is 0.968 bits per heavy atom. The number of amides is 1. The quantitative estimate of drug-likeness (QED) is 0.514. The summed E-state index contributed by atoms with van der Waals surface area (Å²) < 4.78 is 1.86. The molecule has 3 aromatic rings. The van der Waals surface area contributed by atoms with Gasteiger partial charge < -0.3 is 10.6 Å². The normalized spacial score (nSPS) is 14.1. The van der Waals surface area contributed by atoms with Gasteiger partial charge in [-0.15, -0.1) is 12.4 Å². The van der Waals surface area contributed by atoms with Crippen molar-refractivity contribution < 1.29 is 4.79 Å². The molecule has 0 aliphatic heterocycles. The molecule has 164 valence electrons. The molecule has 1 aliphatic rings. The highest BCUT2D eigenvalue weighted by Crippen LogP contribution is 2.27. The second-order valence-corrected chi connectivity index (χ2v) is 7.97. The van der Waals surface area contributed by atoms with E-state index in [4.69, 9.17) is 5.10 Å². The summed E-state index contributed by atoms with van der Waals surface area (Å²) in [6.07, 6.45) is 6.45. The van der Waals surface area contributed by atoms with E-state index in [2.05, 4.69) is 10.6 Å². The van der Waals surface area contributed by atoms with Gasteiger partial charge in [-0.25, -0.2) is 4.68 Å². The Labute approximate surface area is 190 Å². The van der Waals surface area contributed by atoms with Crippen LogP contribution in [0.2, 0.25) is 0 Å². The highest BCUT2D eigenvalue weighted by molar-refractivity contribution is 6.01. The maximum Gasteiger partial charge on any atom is 0.255 e. The summed E-state index contributed by atoms with van der Waals surface area (Å²) in [5, 5.41) is 11.5. The Balaban J connectivity index is 0.00000272. The van der Waals surface area contributed by atoms with E-state index in [9.17, 15) is 4.79 Å². The van der Waals surface area contributed by atoms with Gasteiger partial charge in [0.2, 0.25) is 0 Å². The number of aromatic nitrogens is 2. The van der Waals surface area contributed by atoms with Gasteiger partial charge in [-0.2, -0.15) is 5.10 Å². The molecule has 0 spiro atoms. The third-order valence-electron chi connectivity index (χ3n) is 5.84. The molecule has 1 amide bonds. The summed E-state index contributed by atoms with van der Waals surface area (Å²) in [7, 11) is 0. The average Bonchev–Trinajstić information content (AvgIpc) is 3.15. The molecule has 6 heteroatoms. The second-order valence-electron chi connectivity index (χ2n) is 7.97. The minimum absolute atomic E-state index is 0. The molecule has 1 aromatic heterocycles. The van der Waals surface area contributed by atoms with Crippen molar-refractivity contribution in [1.29, 1.82) is 0 Å². The lowest BCUT2D eigenvalue weighted by Crippen LogP contribution is -2.38. The van der Waals surface area contributed by atoms with Crippen molar-refractivity contribution in [1.82, 2.24) is 20.4 Å². The molecule has 4 rings (SSSR count). The zero-order valence-electron chi connectivity index (χ0n) is 18.0. The number of carbonyl (C=O) groups is 1. The Morgan fingerprint density at radius 3 is 2.29 bits per heavy atom. The molecule has 31 heavy (non-hydrogen) atoms. The van der Waals surface area contributed by atoms with E-state index in [1.807, 2.05) is 72.3 Å². The van der Waals surface area contributed by atoms with Gasteiger partial charge in [0.15, 0.2) is 0 Å². The lowest BCUT2D eigenvalue weighted by Gasteiger charge is -2.22. The second kappa shape index (κ2) is 11.1. The maximum atomic E-state index is 13.2. The third kappa shape index (κ3) is 5.54. The minimum Gasteiger partial charge on any atom is -0.351 e. The van der Waals surface area contributed by atoms with Gasteiger partial charge in [-0.3, -0.25) is 4.79 Å². The lowest BCUT2D eigenvalue weighted by molar-refractivity contribution is 0.0953. The molecule has 1 aliphatic carbocycles. The number of carbonyl (C=O) groups excluding carboxylic acids is 1. The zero-order chi connectivity index (χ0) is 20.8. The van der Waals surface area contributed by atoms with E-state index in [0.29, 0.717) is 18.2 Å². The number of para-hydroxylation sites is 1. The van der Waals surface area contributed by atoms with Crippen molar-refractivity contribution in [3.8, 4) is 16.9 Å². The van der Waals surface area contributed by atoms with Crippen LogP contribution in [0.4, 0.5) is 0 Å². The van der Waals surface area contributed by atoms with E-state index >= 15 is 0 Å². The van der Waals surface area contributed by atoms with Crippen LogP contribution in [0.5, 0.6) is 0 Å². The predicted molar refractivity (Wildman–Crippen MR) is 128 cm³/mol. The van der Waals surface area contributed by atoms with Crippen molar-refractivity contribution in [2.24, 2.45) is 0 Å². The predicted octanol–water partition coefficient (Wildman–Crippen LogP) is 4.92. The molecular formula is C25H31ClN4O. The molecule has 0 unspecified atom stereocenters. The molecule has 0 atom stereocenters. The third-order valence-corrected chi connectivity index (χ3v) is 5.84. The fourth-order valence-electron chi connectivity index (χ4n) is 4.24.